The Bertz CT molecular complexity index is 728. The fraction of sp³-hybridized carbons (Fsp3) is 0.385. The number of hydrogen-bond acceptors (Lipinski definition) is 6. The Morgan fingerprint density at radius 1 is 1.35 bits per heavy atom. The van der Waals surface area contributed by atoms with E-state index < -0.39 is 5.41 Å². The maximum absolute atomic E-state index is 12.0. The highest BCUT2D eigenvalue weighted by Crippen LogP contribution is 2.40. The monoisotopic (exact) mass is 288 g/mol. The van der Waals surface area contributed by atoms with Gasteiger partial charge in [0.05, 0.1) is 15.6 Å². The number of carbonyl (C=O) groups excluding carboxylic acids is 2. The lowest BCUT2D eigenvalue weighted by molar-refractivity contribution is -0.127. The summed E-state index contributed by atoms with van der Waals surface area (Å²) in [5.74, 6) is 0.566. The number of amides is 2. The molecule has 0 aromatic carbocycles. The van der Waals surface area contributed by atoms with E-state index in [2.05, 4.69) is 20.2 Å². The van der Waals surface area contributed by atoms with E-state index in [1.807, 2.05) is 11.4 Å². The second-order valence-electron chi connectivity index (χ2n) is 5.34. The number of imide groups is 1. The van der Waals surface area contributed by atoms with E-state index in [1.165, 1.54) is 0 Å². The number of aromatic nitrogens is 2. The minimum absolute atomic E-state index is 0.138. The molecule has 2 aromatic heterocycles. The lowest BCUT2D eigenvalue weighted by Crippen LogP contribution is -2.34. The molecule has 0 radical (unpaired) electrons. The Kier molecular flexibility index (Phi) is 2.35. The van der Waals surface area contributed by atoms with Crippen LogP contribution in [0.25, 0.3) is 10.2 Å². The van der Waals surface area contributed by atoms with Gasteiger partial charge in [-0.2, -0.15) is 0 Å². The highest BCUT2D eigenvalue weighted by Gasteiger charge is 2.51. The van der Waals surface area contributed by atoms with E-state index in [0.717, 1.165) is 22.6 Å². The van der Waals surface area contributed by atoms with Crippen molar-refractivity contribution in [2.24, 2.45) is 5.41 Å². The molecule has 102 valence electrons. The standard InChI is InChI=1S/C13H12N4O2S/c18-9-5-13(12(19)16-9)2-3-17(6-13)11-10-8(1-4-20-10)14-7-15-11/h1,4,7H,2-3,5-6H2,(H,16,18,19)/t13-/m0/s1. The molecule has 2 amide bonds. The molecule has 0 saturated carbocycles. The van der Waals surface area contributed by atoms with Crippen LogP contribution in [-0.2, 0) is 9.59 Å². The molecule has 2 saturated heterocycles. The van der Waals surface area contributed by atoms with Crippen LogP contribution in [0.3, 0.4) is 0 Å². The van der Waals surface area contributed by atoms with Gasteiger partial charge in [-0.3, -0.25) is 14.9 Å². The smallest absolute Gasteiger partial charge is 0.235 e. The molecule has 1 atom stereocenters. The van der Waals surface area contributed by atoms with Crippen molar-refractivity contribution in [2.45, 2.75) is 12.8 Å². The van der Waals surface area contributed by atoms with Crippen molar-refractivity contribution in [1.82, 2.24) is 15.3 Å². The molecule has 4 heterocycles. The van der Waals surface area contributed by atoms with Crippen molar-refractivity contribution in [1.29, 1.82) is 0 Å². The number of hydrogen-bond donors (Lipinski definition) is 1. The van der Waals surface area contributed by atoms with Crippen LogP contribution in [0.15, 0.2) is 17.8 Å². The molecule has 20 heavy (non-hydrogen) atoms. The minimum atomic E-state index is -0.564. The number of carbonyl (C=O) groups is 2. The zero-order valence-electron chi connectivity index (χ0n) is 10.6. The molecule has 6 nitrogen and oxygen atoms in total. The topological polar surface area (TPSA) is 75.2 Å². The molecule has 2 fully saturated rings. The SMILES string of the molecule is O=C1C[C@]2(CCN(c3ncnc4ccsc34)C2)C(=O)N1. The highest BCUT2D eigenvalue weighted by molar-refractivity contribution is 7.17. The van der Waals surface area contributed by atoms with E-state index in [9.17, 15) is 9.59 Å². The second-order valence-corrected chi connectivity index (χ2v) is 6.25. The van der Waals surface area contributed by atoms with Crippen molar-refractivity contribution in [2.75, 3.05) is 18.0 Å². The molecule has 2 aromatic rings. The molecule has 1 N–H and O–H groups in total. The minimum Gasteiger partial charge on any atom is -0.354 e. The van der Waals surface area contributed by atoms with E-state index in [-0.39, 0.29) is 11.8 Å². The third kappa shape index (κ3) is 1.56. The van der Waals surface area contributed by atoms with Crippen LogP contribution in [0.1, 0.15) is 12.8 Å². The summed E-state index contributed by atoms with van der Waals surface area (Å²) in [5.41, 5.74) is 0.360. The van der Waals surface area contributed by atoms with Crippen molar-refractivity contribution >= 4 is 39.2 Å². The van der Waals surface area contributed by atoms with E-state index in [1.54, 1.807) is 17.7 Å². The summed E-state index contributed by atoms with van der Waals surface area (Å²) in [6.45, 7) is 1.29. The van der Waals surface area contributed by atoms with Gasteiger partial charge in [0.1, 0.15) is 12.1 Å². The fourth-order valence-corrected chi connectivity index (χ4v) is 3.94. The largest absolute Gasteiger partial charge is 0.354 e. The first-order valence-electron chi connectivity index (χ1n) is 6.45. The van der Waals surface area contributed by atoms with Gasteiger partial charge < -0.3 is 4.90 Å². The van der Waals surface area contributed by atoms with Crippen molar-refractivity contribution in [3.63, 3.8) is 0 Å². The van der Waals surface area contributed by atoms with Crippen molar-refractivity contribution < 1.29 is 9.59 Å². The Balaban J connectivity index is 1.70. The summed E-state index contributed by atoms with van der Waals surface area (Å²) in [5, 5.41) is 4.41. The average Bonchev–Trinajstić information content (AvgIpc) is 3.10. The molecule has 7 heteroatoms. The Morgan fingerprint density at radius 3 is 3.05 bits per heavy atom. The Labute approximate surface area is 118 Å². The zero-order valence-corrected chi connectivity index (χ0v) is 11.4. The van der Waals surface area contributed by atoms with Crippen LogP contribution >= 0.6 is 11.3 Å². The fourth-order valence-electron chi connectivity index (χ4n) is 3.07. The summed E-state index contributed by atoms with van der Waals surface area (Å²) >= 11 is 1.60. The number of rotatable bonds is 1. The van der Waals surface area contributed by atoms with Crippen LogP contribution in [0.2, 0.25) is 0 Å². The van der Waals surface area contributed by atoms with Crippen LogP contribution in [0, 0.1) is 5.41 Å². The van der Waals surface area contributed by atoms with E-state index in [0.29, 0.717) is 19.4 Å². The maximum atomic E-state index is 12.0. The zero-order chi connectivity index (χ0) is 13.7. The summed E-state index contributed by atoms with van der Waals surface area (Å²) in [6.07, 6.45) is 2.54. The third-order valence-electron chi connectivity index (χ3n) is 4.11. The van der Waals surface area contributed by atoms with E-state index >= 15 is 0 Å². The quantitative estimate of drug-likeness (QED) is 0.790. The Hall–Kier alpha value is -2.02. The van der Waals surface area contributed by atoms with Gasteiger partial charge in [-0.25, -0.2) is 9.97 Å². The lowest BCUT2D eigenvalue weighted by Gasteiger charge is -2.21. The van der Waals surface area contributed by atoms with Gasteiger partial charge in [0, 0.05) is 19.5 Å². The molecule has 2 aliphatic heterocycles. The van der Waals surface area contributed by atoms with Gasteiger partial charge in [-0.15, -0.1) is 11.3 Å². The van der Waals surface area contributed by atoms with Gasteiger partial charge in [-0.05, 0) is 17.9 Å². The normalized spacial score (nSPS) is 25.9. The van der Waals surface area contributed by atoms with E-state index in [4.69, 9.17) is 0 Å². The van der Waals surface area contributed by atoms with Crippen LogP contribution in [-0.4, -0.2) is 34.9 Å². The summed E-state index contributed by atoms with van der Waals surface area (Å²) in [4.78, 5) is 34.2. The Morgan fingerprint density at radius 2 is 2.25 bits per heavy atom. The van der Waals surface area contributed by atoms with Gasteiger partial charge in [0.25, 0.3) is 0 Å². The van der Waals surface area contributed by atoms with Crippen molar-refractivity contribution in [3.8, 4) is 0 Å². The number of nitrogens with zero attached hydrogens (tertiary/aromatic N) is 3. The van der Waals surface area contributed by atoms with Gasteiger partial charge in [0.15, 0.2) is 0 Å². The number of fused-ring (bicyclic) bond motifs is 1. The molecule has 0 bridgehead atoms. The molecule has 2 aliphatic rings. The molecular weight excluding hydrogens is 276 g/mol. The predicted octanol–water partition coefficient (Wildman–Crippen LogP) is 0.934. The van der Waals surface area contributed by atoms with Crippen LogP contribution in [0.5, 0.6) is 0 Å². The molecule has 0 unspecified atom stereocenters. The highest BCUT2D eigenvalue weighted by atomic mass is 32.1. The van der Waals surface area contributed by atoms with Gasteiger partial charge in [0.2, 0.25) is 11.8 Å². The average molecular weight is 288 g/mol. The predicted molar refractivity (Wildman–Crippen MR) is 74.4 cm³/mol. The van der Waals surface area contributed by atoms with Crippen LogP contribution in [0.4, 0.5) is 5.82 Å². The van der Waals surface area contributed by atoms with Crippen molar-refractivity contribution in [3.05, 3.63) is 17.8 Å². The molecule has 1 spiro atoms. The first kappa shape index (κ1) is 11.8. The molecule has 0 aliphatic carbocycles. The number of anilines is 1. The third-order valence-corrected chi connectivity index (χ3v) is 5.01. The number of nitrogens with one attached hydrogen (secondary N) is 1. The molecular formula is C13H12N4O2S. The first-order chi connectivity index (χ1) is 9.68. The van der Waals surface area contributed by atoms with Gasteiger partial charge in [-0.1, -0.05) is 0 Å². The second kappa shape index (κ2) is 3.99. The summed E-state index contributed by atoms with van der Waals surface area (Å²) in [6, 6.07) is 1.96. The maximum Gasteiger partial charge on any atom is 0.235 e. The number of thiophene rings is 1. The summed E-state index contributed by atoms with van der Waals surface area (Å²) in [7, 11) is 0. The first-order valence-corrected chi connectivity index (χ1v) is 7.33. The lowest BCUT2D eigenvalue weighted by atomic mass is 9.85. The summed E-state index contributed by atoms with van der Waals surface area (Å²) < 4.78 is 1.04. The molecule has 4 rings (SSSR count). The van der Waals surface area contributed by atoms with Crippen LogP contribution < -0.4 is 10.2 Å². The van der Waals surface area contributed by atoms with Gasteiger partial charge >= 0.3 is 0 Å².